The molecule has 0 radical (unpaired) electrons. The van der Waals surface area contributed by atoms with Crippen LogP contribution in [0.3, 0.4) is 0 Å². The fraction of sp³-hybridized carbons (Fsp3) is 0.182. The van der Waals surface area contributed by atoms with Crippen molar-refractivity contribution in [3.8, 4) is 23.2 Å². The van der Waals surface area contributed by atoms with E-state index >= 15 is 0 Å². The fourth-order valence-electron chi connectivity index (χ4n) is 3.24. The van der Waals surface area contributed by atoms with Crippen molar-refractivity contribution in [2.45, 2.75) is 6.42 Å². The zero-order valence-corrected chi connectivity index (χ0v) is 17.3. The summed E-state index contributed by atoms with van der Waals surface area (Å²) in [5.74, 6) is 0.936. The van der Waals surface area contributed by atoms with Gasteiger partial charge in [-0.15, -0.1) is 0 Å². The number of hydrogen-bond donors (Lipinski definition) is 1. The number of methoxy groups -OCH3 is 2. The highest BCUT2D eigenvalue weighted by molar-refractivity contribution is 5.74. The maximum atomic E-state index is 13.5. The third kappa shape index (κ3) is 4.15. The van der Waals surface area contributed by atoms with Crippen LogP contribution in [0.1, 0.15) is 5.56 Å². The number of hydrogen-bond acceptors (Lipinski definition) is 8. The molecule has 4 aromatic rings. The van der Waals surface area contributed by atoms with Crippen molar-refractivity contribution in [1.29, 1.82) is 0 Å². The van der Waals surface area contributed by atoms with E-state index in [-0.39, 0.29) is 22.7 Å². The Labute approximate surface area is 182 Å². The summed E-state index contributed by atoms with van der Waals surface area (Å²) < 4.78 is 24.8. The van der Waals surface area contributed by atoms with Gasteiger partial charge in [-0.2, -0.15) is 4.98 Å². The maximum Gasteiger partial charge on any atom is 0.268 e. The minimum atomic E-state index is -0.844. The molecule has 0 unspecified atom stereocenters. The Balaban J connectivity index is 1.54. The van der Waals surface area contributed by atoms with Gasteiger partial charge in [-0.05, 0) is 42.3 Å². The van der Waals surface area contributed by atoms with E-state index in [0.29, 0.717) is 24.5 Å². The van der Waals surface area contributed by atoms with Crippen molar-refractivity contribution in [3.05, 3.63) is 70.4 Å². The van der Waals surface area contributed by atoms with Gasteiger partial charge < -0.3 is 19.9 Å². The van der Waals surface area contributed by atoms with Gasteiger partial charge in [0, 0.05) is 12.7 Å². The minimum absolute atomic E-state index is 0.0312. The maximum absolute atomic E-state index is 13.5. The fourth-order valence-corrected chi connectivity index (χ4v) is 3.24. The Kier molecular flexibility index (Phi) is 5.84. The van der Waals surface area contributed by atoms with Crippen molar-refractivity contribution in [2.24, 2.45) is 0 Å². The predicted molar refractivity (Wildman–Crippen MR) is 114 cm³/mol. The number of aromatic nitrogens is 4. The van der Waals surface area contributed by atoms with Crippen LogP contribution in [0, 0.1) is 5.82 Å². The van der Waals surface area contributed by atoms with E-state index < -0.39 is 17.4 Å². The van der Waals surface area contributed by atoms with E-state index in [2.05, 4.69) is 20.3 Å². The zero-order chi connectivity index (χ0) is 22.7. The molecule has 9 nitrogen and oxygen atoms in total. The molecule has 10 heteroatoms. The van der Waals surface area contributed by atoms with E-state index in [4.69, 9.17) is 9.47 Å². The Bertz CT molecular complexity index is 1340. The molecule has 1 N–H and O–H groups in total. The highest BCUT2D eigenvalue weighted by Crippen LogP contribution is 2.27. The van der Waals surface area contributed by atoms with Crippen LogP contribution in [0.15, 0.2) is 53.5 Å². The second-order valence-electron chi connectivity index (χ2n) is 6.81. The normalized spacial score (nSPS) is 10.8. The Morgan fingerprint density at radius 2 is 1.91 bits per heavy atom. The Morgan fingerprint density at radius 1 is 1.09 bits per heavy atom. The molecule has 0 bridgehead atoms. The summed E-state index contributed by atoms with van der Waals surface area (Å²) in [4.78, 5) is 25.0. The topological polar surface area (TPSA) is 114 Å². The van der Waals surface area contributed by atoms with Gasteiger partial charge in [0.2, 0.25) is 5.95 Å². The quantitative estimate of drug-likeness (QED) is 0.468. The smallest absolute Gasteiger partial charge is 0.268 e. The number of anilines is 1. The third-order valence-electron chi connectivity index (χ3n) is 4.81. The standard InChI is InChI=1S/C22H20FN5O4/c1-31-17-7-6-13(10-18(17)32-2)8-9-24-21-25-12-16-19(26-21)27-22(30)28(20(16)29)15-5-3-4-14(23)11-15/h3-7,10-12H,8-9H2,1-2H3,(H2,24,25,26,27,30)/p-1. The SMILES string of the molecule is COc1ccc(CCNc2ncc3c(=O)n(-c4cccc(F)c4)c([O-])nc3n2)cc1OC. The summed E-state index contributed by atoms with van der Waals surface area (Å²) in [6, 6.07) is 9.93. The lowest BCUT2D eigenvalue weighted by Crippen LogP contribution is -2.24. The van der Waals surface area contributed by atoms with Crippen LogP contribution in [-0.4, -0.2) is 40.3 Å². The highest BCUT2D eigenvalue weighted by Gasteiger charge is 2.11. The number of halogens is 1. The number of nitrogens with one attached hydrogen (secondary N) is 1. The molecule has 0 atom stereocenters. The lowest BCUT2D eigenvalue weighted by Gasteiger charge is -2.16. The molecule has 164 valence electrons. The molecule has 0 saturated heterocycles. The summed E-state index contributed by atoms with van der Waals surface area (Å²) in [6.07, 6.45) is 1.94. The molecule has 2 aromatic heterocycles. The van der Waals surface area contributed by atoms with Crippen LogP contribution >= 0.6 is 0 Å². The largest absolute Gasteiger partial charge is 0.845 e. The van der Waals surface area contributed by atoms with E-state index in [9.17, 15) is 14.3 Å². The lowest BCUT2D eigenvalue weighted by atomic mass is 10.1. The first kappa shape index (κ1) is 21.0. The molecule has 0 amide bonds. The van der Waals surface area contributed by atoms with Gasteiger partial charge >= 0.3 is 0 Å². The van der Waals surface area contributed by atoms with Gasteiger partial charge in [0.25, 0.3) is 5.56 Å². The predicted octanol–water partition coefficient (Wildman–Crippen LogP) is 2.06. The molecular formula is C22H19FN5O4-. The molecule has 0 aliphatic heterocycles. The first-order valence-corrected chi connectivity index (χ1v) is 9.67. The number of benzene rings is 2. The van der Waals surface area contributed by atoms with Crippen molar-refractivity contribution >= 4 is 17.0 Å². The highest BCUT2D eigenvalue weighted by atomic mass is 19.1. The van der Waals surface area contributed by atoms with Gasteiger partial charge in [0.05, 0.1) is 25.9 Å². The summed E-state index contributed by atoms with van der Waals surface area (Å²) >= 11 is 0. The number of nitrogens with zero attached hydrogens (tertiary/aromatic N) is 4. The van der Waals surface area contributed by atoms with Crippen molar-refractivity contribution < 1.29 is 19.0 Å². The van der Waals surface area contributed by atoms with Gasteiger partial charge in [-0.25, -0.2) is 14.4 Å². The molecule has 0 aliphatic rings. The Morgan fingerprint density at radius 3 is 2.66 bits per heavy atom. The van der Waals surface area contributed by atoms with Crippen molar-refractivity contribution in [3.63, 3.8) is 0 Å². The number of fused-ring (bicyclic) bond motifs is 1. The molecule has 0 aliphatic carbocycles. The average Bonchev–Trinajstić information content (AvgIpc) is 2.79. The Hall–Kier alpha value is -4.21. The first-order valence-electron chi connectivity index (χ1n) is 9.67. The van der Waals surface area contributed by atoms with Crippen LogP contribution in [0.25, 0.3) is 16.7 Å². The van der Waals surface area contributed by atoms with Crippen LogP contribution in [-0.2, 0) is 6.42 Å². The van der Waals surface area contributed by atoms with Gasteiger partial charge in [-0.1, -0.05) is 12.1 Å². The second-order valence-corrected chi connectivity index (χ2v) is 6.81. The average molecular weight is 436 g/mol. The monoisotopic (exact) mass is 436 g/mol. The van der Waals surface area contributed by atoms with Gasteiger partial charge in [0.1, 0.15) is 11.2 Å². The lowest BCUT2D eigenvalue weighted by molar-refractivity contribution is -0.284. The molecular weight excluding hydrogens is 417 g/mol. The van der Waals surface area contributed by atoms with E-state index in [1.807, 2.05) is 18.2 Å². The van der Waals surface area contributed by atoms with E-state index in [0.717, 1.165) is 16.2 Å². The summed E-state index contributed by atoms with van der Waals surface area (Å²) in [7, 11) is 3.15. The molecule has 0 saturated carbocycles. The van der Waals surface area contributed by atoms with Crippen molar-refractivity contribution in [2.75, 3.05) is 26.1 Å². The third-order valence-corrected chi connectivity index (χ3v) is 4.81. The van der Waals surface area contributed by atoms with E-state index in [1.165, 1.54) is 24.4 Å². The number of ether oxygens (including phenoxy) is 2. The molecule has 0 spiro atoms. The summed E-state index contributed by atoms with van der Waals surface area (Å²) in [6.45, 7) is 0.492. The minimum Gasteiger partial charge on any atom is -0.845 e. The zero-order valence-electron chi connectivity index (χ0n) is 17.3. The molecule has 2 heterocycles. The van der Waals surface area contributed by atoms with E-state index in [1.54, 1.807) is 14.2 Å². The molecule has 4 rings (SSSR count). The molecule has 32 heavy (non-hydrogen) atoms. The summed E-state index contributed by atoms with van der Waals surface area (Å²) in [5.41, 5.74) is 0.402. The summed E-state index contributed by atoms with van der Waals surface area (Å²) in [5, 5.41) is 15.5. The van der Waals surface area contributed by atoms with Gasteiger partial charge in [0.15, 0.2) is 17.1 Å². The first-order chi connectivity index (χ1) is 15.5. The van der Waals surface area contributed by atoms with Crippen LogP contribution < -0.4 is 25.5 Å². The second kappa shape index (κ2) is 8.88. The molecule has 0 fully saturated rings. The number of rotatable bonds is 7. The van der Waals surface area contributed by atoms with Crippen molar-refractivity contribution in [1.82, 2.24) is 19.5 Å². The van der Waals surface area contributed by atoms with Crippen LogP contribution in [0.4, 0.5) is 10.3 Å². The van der Waals surface area contributed by atoms with Gasteiger partial charge in [-0.3, -0.25) is 9.36 Å². The molecule has 2 aromatic carbocycles. The van der Waals surface area contributed by atoms with Crippen LogP contribution in [0.2, 0.25) is 0 Å². The van der Waals surface area contributed by atoms with Crippen LogP contribution in [0.5, 0.6) is 17.5 Å².